The van der Waals surface area contributed by atoms with Gasteiger partial charge < -0.3 is 5.11 Å². The van der Waals surface area contributed by atoms with E-state index >= 15 is 0 Å². The Bertz CT molecular complexity index is 290. The van der Waals surface area contributed by atoms with E-state index in [1.54, 1.807) is 12.1 Å². The Morgan fingerprint density at radius 2 is 1.07 bits per heavy atom. The van der Waals surface area contributed by atoms with Gasteiger partial charge in [-0.2, -0.15) is 0 Å². The van der Waals surface area contributed by atoms with Crippen molar-refractivity contribution in [2.45, 2.75) is 6.92 Å². The van der Waals surface area contributed by atoms with Crippen molar-refractivity contribution in [3.05, 3.63) is 66.2 Å². The van der Waals surface area contributed by atoms with Crippen LogP contribution in [0.25, 0.3) is 0 Å². The molecular formula is C13H14O. The smallest absolute Gasteiger partial charge is 0.115 e. The van der Waals surface area contributed by atoms with Gasteiger partial charge >= 0.3 is 0 Å². The fourth-order valence-corrected chi connectivity index (χ4v) is 0.930. The van der Waals surface area contributed by atoms with Crippen molar-refractivity contribution in [1.82, 2.24) is 0 Å². The molecule has 0 atom stereocenters. The zero-order valence-corrected chi connectivity index (χ0v) is 8.22. The van der Waals surface area contributed by atoms with Gasteiger partial charge in [0.15, 0.2) is 0 Å². The number of phenolic OH excluding ortho intramolecular Hbond substituents is 1. The van der Waals surface area contributed by atoms with Crippen LogP contribution in [0, 0.1) is 6.92 Å². The first-order chi connectivity index (χ1) is 6.79. The number of hydrogen-bond donors (Lipinski definition) is 1. The second-order valence-electron chi connectivity index (χ2n) is 2.99. The summed E-state index contributed by atoms with van der Waals surface area (Å²) in [7, 11) is 0. The van der Waals surface area contributed by atoms with Crippen molar-refractivity contribution in [3.8, 4) is 5.75 Å². The number of hydrogen-bond acceptors (Lipinski definition) is 1. The molecular weight excluding hydrogens is 172 g/mol. The summed E-state index contributed by atoms with van der Waals surface area (Å²) in [5.41, 5.74) is 1.17. The summed E-state index contributed by atoms with van der Waals surface area (Å²) in [6, 6.07) is 19.1. The average Bonchev–Trinajstić information content (AvgIpc) is 2.26. The third-order valence-corrected chi connectivity index (χ3v) is 1.70. The molecule has 0 radical (unpaired) electrons. The maximum atomic E-state index is 8.76. The zero-order chi connectivity index (χ0) is 10.2. The van der Waals surface area contributed by atoms with Gasteiger partial charge in [-0.1, -0.05) is 54.1 Å². The van der Waals surface area contributed by atoms with Gasteiger partial charge in [0.2, 0.25) is 0 Å². The van der Waals surface area contributed by atoms with Crippen molar-refractivity contribution in [1.29, 1.82) is 0 Å². The lowest BCUT2D eigenvalue weighted by Crippen LogP contribution is -1.66. The van der Waals surface area contributed by atoms with Crippen LogP contribution < -0.4 is 0 Å². The lowest BCUT2D eigenvalue weighted by Gasteiger charge is -1.89. The summed E-state index contributed by atoms with van der Waals surface area (Å²) in [6.45, 7) is 1.99. The third kappa shape index (κ3) is 4.31. The van der Waals surface area contributed by atoms with Gasteiger partial charge in [0.25, 0.3) is 0 Å². The molecule has 72 valence electrons. The maximum absolute atomic E-state index is 8.76. The van der Waals surface area contributed by atoms with E-state index in [2.05, 4.69) is 0 Å². The van der Waals surface area contributed by atoms with Crippen LogP contribution in [0.3, 0.4) is 0 Å². The first kappa shape index (κ1) is 10.3. The highest BCUT2D eigenvalue weighted by molar-refractivity contribution is 5.24. The Balaban J connectivity index is 0.000000146. The van der Waals surface area contributed by atoms with E-state index in [0.717, 1.165) is 0 Å². The molecule has 1 N–H and O–H groups in total. The van der Waals surface area contributed by atoms with Crippen LogP contribution in [0.15, 0.2) is 60.7 Å². The number of aromatic hydroxyl groups is 1. The standard InChI is InChI=1S/C7H8O.C6H6/c1-6-2-4-7(8)5-3-6;1-2-4-6-5-3-1/h2-5,8H,1H3;1-6H. The van der Waals surface area contributed by atoms with Crippen molar-refractivity contribution in [2.24, 2.45) is 0 Å². The van der Waals surface area contributed by atoms with Crippen LogP contribution in [0.2, 0.25) is 0 Å². The molecule has 2 aromatic rings. The van der Waals surface area contributed by atoms with E-state index in [1.165, 1.54) is 5.56 Å². The summed E-state index contributed by atoms with van der Waals surface area (Å²) in [4.78, 5) is 0. The lowest BCUT2D eigenvalue weighted by atomic mass is 10.2. The maximum Gasteiger partial charge on any atom is 0.115 e. The van der Waals surface area contributed by atoms with E-state index in [4.69, 9.17) is 5.11 Å². The van der Waals surface area contributed by atoms with Crippen LogP contribution in [-0.4, -0.2) is 5.11 Å². The Labute approximate surface area is 84.7 Å². The van der Waals surface area contributed by atoms with Gasteiger partial charge in [0.1, 0.15) is 5.75 Å². The molecule has 0 heterocycles. The first-order valence-corrected chi connectivity index (χ1v) is 4.54. The summed E-state index contributed by atoms with van der Waals surface area (Å²) in [5.74, 6) is 0.329. The Morgan fingerprint density at radius 1 is 0.714 bits per heavy atom. The average molecular weight is 186 g/mol. The molecule has 0 spiro atoms. The molecule has 0 saturated heterocycles. The van der Waals surface area contributed by atoms with Gasteiger partial charge in [0, 0.05) is 0 Å². The molecule has 0 amide bonds. The topological polar surface area (TPSA) is 20.2 Å². The van der Waals surface area contributed by atoms with Crippen molar-refractivity contribution >= 4 is 0 Å². The van der Waals surface area contributed by atoms with Gasteiger partial charge in [-0.15, -0.1) is 0 Å². The Kier molecular flexibility index (Phi) is 4.29. The van der Waals surface area contributed by atoms with Gasteiger partial charge in [-0.3, -0.25) is 0 Å². The molecule has 0 saturated carbocycles. The molecule has 0 aromatic heterocycles. The molecule has 0 aliphatic carbocycles. The molecule has 0 aliphatic heterocycles. The van der Waals surface area contributed by atoms with E-state index < -0.39 is 0 Å². The number of rotatable bonds is 0. The highest BCUT2D eigenvalue weighted by Gasteiger charge is 1.82. The molecule has 2 rings (SSSR count). The summed E-state index contributed by atoms with van der Waals surface area (Å²) >= 11 is 0. The molecule has 1 heteroatoms. The molecule has 0 bridgehead atoms. The summed E-state index contributed by atoms with van der Waals surface area (Å²) in [5, 5.41) is 8.76. The van der Waals surface area contributed by atoms with Crippen LogP contribution in [0.5, 0.6) is 5.75 Å². The predicted octanol–water partition coefficient (Wildman–Crippen LogP) is 3.39. The van der Waals surface area contributed by atoms with Gasteiger partial charge in [0.05, 0.1) is 0 Å². The number of phenols is 1. The van der Waals surface area contributed by atoms with Crippen LogP contribution in [0.4, 0.5) is 0 Å². The molecule has 0 aliphatic rings. The fourth-order valence-electron chi connectivity index (χ4n) is 0.930. The van der Waals surface area contributed by atoms with Crippen LogP contribution >= 0.6 is 0 Å². The van der Waals surface area contributed by atoms with E-state index in [9.17, 15) is 0 Å². The summed E-state index contributed by atoms with van der Waals surface area (Å²) in [6.07, 6.45) is 0. The van der Waals surface area contributed by atoms with Crippen LogP contribution in [0.1, 0.15) is 5.56 Å². The van der Waals surface area contributed by atoms with Gasteiger partial charge in [-0.25, -0.2) is 0 Å². The first-order valence-electron chi connectivity index (χ1n) is 4.54. The largest absolute Gasteiger partial charge is 0.508 e. The van der Waals surface area contributed by atoms with Crippen molar-refractivity contribution in [3.63, 3.8) is 0 Å². The van der Waals surface area contributed by atoms with Crippen LogP contribution in [-0.2, 0) is 0 Å². The second-order valence-corrected chi connectivity index (χ2v) is 2.99. The zero-order valence-electron chi connectivity index (χ0n) is 8.22. The predicted molar refractivity (Wildman–Crippen MR) is 59.3 cm³/mol. The lowest BCUT2D eigenvalue weighted by molar-refractivity contribution is 0.475. The van der Waals surface area contributed by atoms with E-state index in [1.807, 2.05) is 55.5 Å². The van der Waals surface area contributed by atoms with Gasteiger partial charge in [-0.05, 0) is 19.1 Å². The minimum atomic E-state index is 0.329. The molecule has 2 aromatic carbocycles. The molecule has 0 fully saturated rings. The molecule has 14 heavy (non-hydrogen) atoms. The highest BCUT2D eigenvalue weighted by Crippen LogP contribution is 2.07. The minimum absolute atomic E-state index is 0.329. The van der Waals surface area contributed by atoms with Crippen molar-refractivity contribution < 1.29 is 5.11 Å². The summed E-state index contributed by atoms with van der Waals surface area (Å²) < 4.78 is 0. The normalized spacial score (nSPS) is 8.64. The third-order valence-electron chi connectivity index (χ3n) is 1.70. The Hall–Kier alpha value is -1.76. The quantitative estimate of drug-likeness (QED) is 0.668. The SMILES string of the molecule is Cc1ccc(O)cc1.c1ccccc1. The highest BCUT2D eigenvalue weighted by atomic mass is 16.3. The van der Waals surface area contributed by atoms with E-state index in [-0.39, 0.29) is 0 Å². The van der Waals surface area contributed by atoms with E-state index in [0.29, 0.717) is 5.75 Å². The minimum Gasteiger partial charge on any atom is -0.508 e. The molecule has 1 nitrogen and oxygen atoms in total. The molecule has 0 unspecified atom stereocenters. The Morgan fingerprint density at radius 3 is 1.36 bits per heavy atom. The monoisotopic (exact) mass is 186 g/mol. The fraction of sp³-hybridized carbons (Fsp3) is 0.0769. The number of benzene rings is 2. The van der Waals surface area contributed by atoms with Crippen molar-refractivity contribution in [2.75, 3.05) is 0 Å². The second kappa shape index (κ2) is 5.81. The number of aryl methyl sites for hydroxylation is 1.